The normalized spacial score (nSPS) is 10.1. The third-order valence-electron chi connectivity index (χ3n) is 1.65. The minimum atomic E-state index is -0.189. The molecular weight excluding hydrogens is 186 g/mol. The van der Waals surface area contributed by atoms with E-state index in [1.54, 1.807) is 0 Å². The minimum Gasteiger partial charge on any atom is -0.469 e. The van der Waals surface area contributed by atoms with Crippen LogP contribution in [0.1, 0.15) is 18.7 Å². The molecule has 0 atom stereocenters. The van der Waals surface area contributed by atoms with Gasteiger partial charge in [0.1, 0.15) is 0 Å². The van der Waals surface area contributed by atoms with E-state index in [4.69, 9.17) is 0 Å². The van der Waals surface area contributed by atoms with Gasteiger partial charge >= 0.3 is 5.97 Å². The van der Waals surface area contributed by atoms with E-state index in [0.717, 1.165) is 13.0 Å². The SMILES string of the molecule is COC(=O)CCCNCc1ncon1. The first kappa shape index (κ1) is 10.6. The topological polar surface area (TPSA) is 77.2 Å². The summed E-state index contributed by atoms with van der Waals surface area (Å²) in [5, 5.41) is 6.70. The van der Waals surface area contributed by atoms with Crippen LogP contribution >= 0.6 is 0 Å². The zero-order valence-corrected chi connectivity index (χ0v) is 8.02. The average molecular weight is 199 g/mol. The summed E-state index contributed by atoms with van der Waals surface area (Å²) in [5.74, 6) is 0.425. The molecule has 0 saturated carbocycles. The van der Waals surface area contributed by atoms with Gasteiger partial charge in [0, 0.05) is 6.42 Å². The molecule has 1 rings (SSSR count). The number of ether oxygens (including phenoxy) is 1. The fraction of sp³-hybridized carbons (Fsp3) is 0.625. The van der Waals surface area contributed by atoms with Crippen LogP contribution in [0.5, 0.6) is 0 Å². The molecule has 0 unspecified atom stereocenters. The van der Waals surface area contributed by atoms with Crippen molar-refractivity contribution in [3.8, 4) is 0 Å². The van der Waals surface area contributed by atoms with Crippen molar-refractivity contribution in [2.24, 2.45) is 0 Å². The molecule has 6 nitrogen and oxygen atoms in total. The number of carbonyl (C=O) groups excluding carboxylic acids is 1. The van der Waals surface area contributed by atoms with E-state index in [1.165, 1.54) is 13.5 Å². The number of hydrogen-bond acceptors (Lipinski definition) is 6. The van der Waals surface area contributed by atoms with Crippen LogP contribution in [0.3, 0.4) is 0 Å². The monoisotopic (exact) mass is 199 g/mol. The molecule has 6 heteroatoms. The molecule has 0 aliphatic heterocycles. The largest absolute Gasteiger partial charge is 0.469 e. The minimum absolute atomic E-state index is 0.189. The molecule has 14 heavy (non-hydrogen) atoms. The van der Waals surface area contributed by atoms with Gasteiger partial charge in [-0.15, -0.1) is 0 Å². The van der Waals surface area contributed by atoms with Crippen LogP contribution in [0.4, 0.5) is 0 Å². The molecule has 0 spiro atoms. The summed E-state index contributed by atoms with van der Waals surface area (Å²) in [6, 6.07) is 0. The second kappa shape index (κ2) is 6.09. The van der Waals surface area contributed by atoms with Crippen molar-refractivity contribution in [3.05, 3.63) is 12.2 Å². The highest BCUT2D eigenvalue weighted by Crippen LogP contribution is 1.91. The molecule has 0 aliphatic rings. The zero-order chi connectivity index (χ0) is 10.2. The highest BCUT2D eigenvalue weighted by atomic mass is 16.5. The Morgan fingerprint density at radius 3 is 3.21 bits per heavy atom. The maximum Gasteiger partial charge on any atom is 0.305 e. The maximum absolute atomic E-state index is 10.7. The molecule has 78 valence electrons. The molecular formula is C8H13N3O3. The summed E-state index contributed by atoms with van der Waals surface area (Å²) in [6.07, 6.45) is 2.45. The lowest BCUT2D eigenvalue weighted by atomic mass is 10.3. The van der Waals surface area contributed by atoms with Gasteiger partial charge in [0.05, 0.1) is 13.7 Å². The Morgan fingerprint density at radius 1 is 1.71 bits per heavy atom. The van der Waals surface area contributed by atoms with Crippen molar-refractivity contribution < 1.29 is 14.1 Å². The molecule has 1 heterocycles. The number of methoxy groups -OCH3 is 1. The van der Waals surface area contributed by atoms with Crippen molar-refractivity contribution in [3.63, 3.8) is 0 Å². The van der Waals surface area contributed by atoms with Crippen LogP contribution in [0.2, 0.25) is 0 Å². The molecule has 0 aliphatic carbocycles. The summed E-state index contributed by atoms with van der Waals surface area (Å²) >= 11 is 0. The lowest BCUT2D eigenvalue weighted by molar-refractivity contribution is -0.140. The summed E-state index contributed by atoms with van der Waals surface area (Å²) in [5.41, 5.74) is 0. The van der Waals surface area contributed by atoms with Crippen LogP contribution in [0, 0.1) is 0 Å². The van der Waals surface area contributed by atoms with Gasteiger partial charge in [-0.25, -0.2) is 0 Å². The molecule has 0 amide bonds. The van der Waals surface area contributed by atoms with E-state index in [2.05, 4.69) is 24.7 Å². The molecule has 1 aromatic rings. The number of nitrogens with zero attached hydrogens (tertiary/aromatic N) is 2. The van der Waals surface area contributed by atoms with Gasteiger partial charge in [-0.1, -0.05) is 5.16 Å². The molecule has 0 aromatic carbocycles. The van der Waals surface area contributed by atoms with Gasteiger partial charge < -0.3 is 14.6 Å². The summed E-state index contributed by atoms with van der Waals surface area (Å²) in [6.45, 7) is 1.28. The van der Waals surface area contributed by atoms with Gasteiger partial charge in [-0.05, 0) is 13.0 Å². The average Bonchev–Trinajstić information content (AvgIpc) is 2.69. The fourth-order valence-corrected chi connectivity index (χ4v) is 0.930. The van der Waals surface area contributed by atoms with Crippen LogP contribution in [-0.2, 0) is 16.1 Å². The summed E-state index contributed by atoms with van der Waals surface area (Å²) < 4.78 is 9.05. The van der Waals surface area contributed by atoms with E-state index in [0.29, 0.717) is 18.8 Å². The molecule has 1 aromatic heterocycles. The Labute approximate surface area is 81.6 Å². The molecule has 0 fully saturated rings. The Hall–Kier alpha value is -1.43. The first-order valence-corrected chi connectivity index (χ1v) is 4.35. The molecule has 1 N–H and O–H groups in total. The van der Waals surface area contributed by atoms with E-state index in [9.17, 15) is 4.79 Å². The van der Waals surface area contributed by atoms with Crippen LogP contribution < -0.4 is 5.32 Å². The third kappa shape index (κ3) is 3.99. The fourth-order valence-electron chi connectivity index (χ4n) is 0.930. The van der Waals surface area contributed by atoms with Crippen molar-refractivity contribution in [1.29, 1.82) is 0 Å². The van der Waals surface area contributed by atoms with E-state index in [-0.39, 0.29) is 5.97 Å². The Kier molecular flexibility index (Phi) is 4.63. The lowest BCUT2D eigenvalue weighted by Gasteiger charge is -2.00. The number of rotatable bonds is 6. The number of carbonyl (C=O) groups is 1. The van der Waals surface area contributed by atoms with E-state index >= 15 is 0 Å². The quantitative estimate of drug-likeness (QED) is 0.517. The summed E-state index contributed by atoms with van der Waals surface area (Å²) in [4.78, 5) is 14.5. The van der Waals surface area contributed by atoms with Gasteiger partial charge in [-0.2, -0.15) is 4.98 Å². The summed E-state index contributed by atoms with van der Waals surface area (Å²) in [7, 11) is 1.38. The van der Waals surface area contributed by atoms with Crippen molar-refractivity contribution in [2.75, 3.05) is 13.7 Å². The van der Waals surface area contributed by atoms with E-state index < -0.39 is 0 Å². The molecule has 0 bridgehead atoms. The van der Waals surface area contributed by atoms with Crippen LogP contribution in [0.15, 0.2) is 10.9 Å². The Balaban J connectivity index is 1.97. The Bertz CT molecular complexity index is 261. The second-order valence-corrected chi connectivity index (χ2v) is 2.70. The Morgan fingerprint density at radius 2 is 2.57 bits per heavy atom. The number of esters is 1. The van der Waals surface area contributed by atoms with Gasteiger partial charge in [0.15, 0.2) is 5.82 Å². The smallest absolute Gasteiger partial charge is 0.305 e. The molecule has 0 radical (unpaired) electrons. The standard InChI is InChI=1S/C8H13N3O3/c1-13-8(12)3-2-4-9-5-7-10-6-14-11-7/h6,9H,2-5H2,1H3. The number of nitrogens with one attached hydrogen (secondary N) is 1. The predicted octanol–water partition coefficient (Wildman–Crippen LogP) is 0.112. The van der Waals surface area contributed by atoms with E-state index in [1.807, 2.05) is 0 Å². The van der Waals surface area contributed by atoms with Crippen molar-refractivity contribution in [1.82, 2.24) is 15.5 Å². The number of hydrogen-bond donors (Lipinski definition) is 1. The van der Waals surface area contributed by atoms with Crippen molar-refractivity contribution >= 4 is 5.97 Å². The molecule has 0 saturated heterocycles. The highest BCUT2D eigenvalue weighted by molar-refractivity contribution is 5.68. The zero-order valence-electron chi connectivity index (χ0n) is 8.02. The van der Waals surface area contributed by atoms with Gasteiger partial charge in [0.2, 0.25) is 6.39 Å². The number of aromatic nitrogens is 2. The highest BCUT2D eigenvalue weighted by Gasteiger charge is 2.00. The lowest BCUT2D eigenvalue weighted by Crippen LogP contribution is -2.16. The predicted molar refractivity (Wildman–Crippen MR) is 47.3 cm³/mol. The maximum atomic E-state index is 10.7. The van der Waals surface area contributed by atoms with Crippen LogP contribution in [-0.4, -0.2) is 29.8 Å². The van der Waals surface area contributed by atoms with Gasteiger partial charge in [0.25, 0.3) is 0 Å². The van der Waals surface area contributed by atoms with Gasteiger partial charge in [-0.3, -0.25) is 4.79 Å². The third-order valence-corrected chi connectivity index (χ3v) is 1.65. The van der Waals surface area contributed by atoms with Crippen molar-refractivity contribution in [2.45, 2.75) is 19.4 Å². The first-order valence-electron chi connectivity index (χ1n) is 4.35. The van der Waals surface area contributed by atoms with Crippen LogP contribution in [0.25, 0.3) is 0 Å². The second-order valence-electron chi connectivity index (χ2n) is 2.70. The first-order chi connectivity index (χ1) is 6.83.